The Bertz CT molecular complexity index is 567. The molecule has 0 atom stereocenters. The highest BCUT2D eigenvalue weighted by atomic mass is 32.1. The monoisotopic (exact) mass is 261 g/mol. The number of anilines is 2. The van der Waals surface area contributed by atoms with Gasteiger partial charge in [0.05, 0.1) is 6.54 Å². The molecule has 18 heavy (non-hydrogen) atoms. The summed E-state index contributed by atoms with van der Waals surface area (Å²) in [6.45, 7) is 4.41. The van der Waals surface area contributed by atoms with E-state index in [0.717, 1.165) is 29.4 Å². The van der Waals surface area contributed by atoms with Gasteiger partial charge in [-0.05, 0) is 24.5 Å². The van der Waals surface area contributed by atoms with E-state index in [1.165, 1.54) is 17.1 Å². The number of hydrogen-bond donors (Lipinski definition) is 1. The zero-order valence-electron chi connectivity index (χ0n) is 10.2. The number of nitrogen functional groups attached to an aromatic ring is 1. The molecule has 2 heterocycles. The Labute approximate surface area is 110 Å². The molecule has 1 aromatic carbocycles. The molecule has 0 spiro atoms. The summed E-state index contributed by atoms with van der Waals surface area (Å²) in [7, 11) is 0. The van der Waals surface area contributed by atoms with Crippen LogP contribution in [0.15, 0.2) is 24.3 Å². The van der Waals surface area contributed by atoms with Crippen LogP contribution in [0.25, 0.3) is 0 Å². The van der Waals surface area contributed by atoms with Gasteiger partial charge in [-0.1, -0.05) is 18.2 Å². The summed E-state index contributed by atoms with van der Waals surface area (Å²) in [6.07, 6.45) is 0. The Morgan fingerprint density at radius 2 is 2.22 bits per heavy atom. The third-order valence-electron chi connectivity index (χ3n) is 3.18. The van der Waals surface area contributed by atoms with E-state index in [2.05, 4.69) is 15.3 Å². The van der Waals surface area contributed by atoms with Crippen molar-refractivity contribution >= 4 is 22.4 Å². The predicted molar refractivity (Wildman–Crippen MR) is 74.3 cm³/mol. The number of para-hydroxylation sites is 1. The van der Waals surface area contributed by atoms with Crippen molar-refractivity contribution in [2.75, 3.05) is 23.8 Å². The minimum atomic E-state index is 0.633. The van der Waals surface area contributed by atoms with E-state index in [1.807, 2.05) is 25.1 Å². The minimum Gasteiger partial charge on any atom is -0.491 e. The molecule has 0 unspecified atom stereocenters. The number of rotatable bonds is 1. The molecule has 0 fully saturated rings. The van der Waals surface area contributed by atoms with Crippen molar-refractivity contribution in [1.29, 1.82) is 0 Å². The van der Waals surface area contributed by atoms with Crippen LogP contribution in [0.3, 0.4) is 0 Å². The maximum Gasteiger partial charge on any atom is 0.142 e. The minimum absolute atomic E-state index is 0.633. The van der Waals surface area contributed by atoms with Gasteiger partial charge >= 0.3 is 0 Å². The Morgan fingerprint density at radius 3 is 3.00 bits per heavy atom. The van der Waals surface area contributed by atoms with Gasteiger partial charge in [-0.2, -0.15) is 4.37 Å². The van der Waals surface area contributed by atoms with E-state index < -0.39 is 0 Å². The van der Waals surface area contributed by atoms with Crippen molar-refractivity contribution < 1.29 is 4.74 Å². The number of ether oxygens (including phenoxy) is 1. The molecule has 1 aliphatic heterocycles. The van der Waals surface area contributed by atoms with Crippen LogP contribution in [0, 0.1) is 6.92 Å². The van der Waals surface area contributed by atoms with Crippen LogP contribution in [0.4, 0.5) is 10.8 Å². The quantitative estimate of drug-likeness (QED) is 0.856. The number of hydrogen-bond acceptors (Lipinski definition) is 5. The van der Waals surface area contributed by atoms with Gasteiger partial charge in [-0.3, -0.25) is 0 Å². The topological polar surface area (TPSA) is 51.4 Å². The molecular formula is C13H15N3OS. The first-order valence-corrected chi connectivity index (χ1v) is 6.70. The third-order valence-corrected chi connectivity index (χ3v) is 4.20. The van der Waals surface area contributed by atoms with Gasteiger partial charge < -0.3 is 15.4 Å². The maximum absolute atomic E-state index is 5.82. The molecule has 4 nitrogen and oxygen atoms in total. The van der Waals surface area contributed by atoms with Crippen LogP contribution in [0.1, 0.15) is 11.1 Å². The molecule has 0 saturated carbocycles. The molecule has 1 aromatic heterocycles. The van der Waals surface area contributed by atoms with Gasteiger partial charge in [0.2, 0.25) is 0 Å². The van der Waals surface area contributed by atoms with Crippen molar-refractivity contribution in [1.82, 2.24) is 4.37 Å². The summed E-state index contributed by atoms with van der Waals surface area (Å²) in [4.78, 5) is 2.29. The summed E-state index contributed by atoms with van der Waals surface area (Å²) in [5.74, 6) is 1.61. The Balaban J connectivity index is 1.94. The first-order valence-electron chi connectivity index (χ1n) is 5.93. The van der Waals surface area contributed by atoms with Crippen molar-refractivity contribution in [3.05, 3.63) is 35.4 Å². The predicted octanol–water partition coefficient (Wildman–Crippen LogP) is 2.43. The van der Waals surface area contributed by atoms with Crippen LogP contribution < -0.4 is 15.4 Å². The lowest BCUT2D eigenvalue weighted by molar-refractivity contribution is 0.332. The maximum atomic E-state index is 5.82. The van der Waals surface area contributed by atoms with E-state index in [0.29, 0.717) is 12.4 Å². The van der Waals surface area contributed by atoms with Crippen LogP contribution in [-0.2, 0) is 6.54 Å². The molecule has 0 bridgehead atoms. The molecular weight excluding hydrogens is 246 g/mol. The highest BCUT2D eigenvalue weighted by Crippen LogP contribution is 2.33. The second-order valence-corrected chi connectivity index (χ2v) is 5.13. The molecule has 2 aromatic rings. The Hall–Kier alpha value is -1.75. The zero-order chi connectivity index (χ0) is 12.5. The lowest BCUT2D eigenvalue weighted by Gasteiger charge is -2.20. The van der Waals surface area contributed by atoms with Crippen LogP contribution in [0.2, 0.25) is 0 Å². The second-order valence-electron chi connectivity index (χ2n) is 4.38. The van der Waals surface area contributed by atoms with E-state index in [1.54, 1.807) is 0 Å². The average molecular weight is 261 g/mol. The lowest BCUT2D eigenvalue weighted by Crippen LogP contribution is -2.24. The molecule has 3 rings (SSSR count). The van der Waals surface area contributed by atoms with Crippen molar-refractivity contribution in [3.8, 4) is 5.75 Å². The molecule has 0 radical (unpaired) electrons. The number of fused-ring (bicyclic) bond motifs is 1. The summed E-state index contributed by atoms with van der Waals surface area (Å²) < 4.78 is 9.97. The highest BCUT2D eigenvalue weighted by Gasteiger charge is 2.19. The number of nitrogens with two attached hydrogens (primary N) is 1. The van der Waals surface area contributed by atoms with Gasteiger partial charge in [0.25, 0.3) is 0 Å². The zero-order valence-corrected chi connectivity index (χ0v) is 11.0. The fourth-order valence-electron chi connectivity index (χ4n) is 2.13. The molecule has 0 saturated heterocycles. The fraction of sp³-hybridized carbons (Fsp3) is 0.308. The summed E-state index contributed by atoms with van der Waals surface area (Å²) in [6, 6.07) is 8.17. The van der Waals surface area contributed by atoms with E-state index in [9.17, 15) is 0 Å². The summed E-state index contributed by atoms with van der Waals surface area (Å²) in [5.41, 5.74) is 8.10. The van der Waals surface area contributed by atoms with Gasteiger partial charge in [-0.25, -0.2) is 0 Å². The molecule has 2 N–H and O–H groups in total. The first-order chi connectivity index (χ1) is 8.75. The largest absolute Gasteiger partial charge is 0.491 e. The number of aromatic nitrogens is 1. The standard InChI is InChI=1S/C13H15N3OS/c1-9-12(14)15-18-13(9)16-6-7-17-11-5-3-2-4-10(11)8-16/h2-5H,6-8H2,1H3,(H2,14,15). The summed E-state index contributed by atoms with van der Waals surface area (Å²) in [5, 5.41) is 1.15. The highest BCUT2D eigenvalue weighted by molar-refractivity contribution is 7.10. The van der Waals surface area contributed by atoms with Crippen LogP contribution in [-0.4, -0.2) is 17.5 Å². The summed E-state index contributed by atoms with van der Waals surface area (Å²) >= 11 is 1.46. The normalized spacial score (nSPS) is 14.8. The lowest BCUT2D eigenvalue weighted by atomic mass is 10.2. The van der Waals surface area contributed by atoms with E-state index >= 15 is 0 Å². The Kier molecular flexibility index (Phi) is 2.83. The number of benzene rings is 1. The Morgan fingerprint density at radius 1 is 1.39 bits per heavy atom. The van der Waals surface area contributed by atoms with Crippen molar-refractivity contribution in [3.63, 3.8) is 0 Å². The molecule has 94 valence electrons. The average Bonchev–Trinajstić information content (AvgIpc) is 2.62. The SMILES string of the molecule is Cc1c(N)nsc1N1CCOc2ccccc2C1. The van der Waals surface area contributed by atoms with Gasteiger partial charge in [-0.15, -0.1) is 0 Å². The first kappa shape index (κ1) is 11.3. The smallest absolute Gasteiger partial charge is 0.142 e. The number of nitrogens with zero attached hydrogens (tertiary/aromatic N) is 2. The van der Waals surface area contributed by atoms with Crippen molar-refractivity contribution in [2.45, 2.75) is 13.5 Å². The second kappa shape index (κ2) is 4.49. The van der Waals surface area contributed by atoms with Crippen molar-refractivity contribution in [2.24, 2.45) is 0 Å². The third kappa shape index (κ3) is 1.90. The molecule has 5 heteroatoms. The van der Waals surface area contributed by atoms with E-state index in [4.69, 9.17) is 10.5 Å². The van der Waals surface area contributed by atoms with E-state index in [-0.39, 0.29) is 0 Å². The van der Waals surface area contributed by atoms with Gasteiger partial charge in [0.1, 0.15) is 23.2 Å². The molecule has 0 aliphatic carbocycles. The molecule has 1 aliphatic rings. The van der Waals surface area contributed by atoms with Gasteiger partial charge in [0, 0.05) is 17.7 Å². The molecule has 0 amide bonds. The van der Waals surface area contributed by atoms with Crippen LogP contribution in [0.5, 0.6) is 5.75 Å². The fourth-order valence-corrected chi connectivity index (χ4v) is 2.97. The van der Waals surface area contributed by atoms with Gasteiger partial charge in [0.15, 0.2) is 0 Å². The van der Waals surface area contributed by atoms with Crippen LogP contribution >= 0.6 is 11.5 Å².